The Bertz CT molecular complexity index is 1460. The van der Waals surface area contributed by atoms with Gasteiger partial charge in [0.15, 0.2) is 0 Å². The van der Waals surface area contributed by atoms with Crippen LogP contribution in [0, 0.1) is 12.8 Å². The van der Waals surface area contributed by atoms with Gasteiger partial charge in [0.2, 0.25) is 17.7 Å². The minimum Gasteiger partial charge on any atom is -0.464 e. The van der Waals surface area contributed by atoms with E-state index >= 15 is 0 Å². The number of nitrogens with one attached hydrogen (secondary N) is 3. The van der Waals surface area contributed by atoms with Crippen LogP contribution in [0.3, 0.4) is 0 Å². The van der Waals surface area contributed by atoms with Crippen LogP contribution in [0.2, 0.25) is 0 Å². The first-order valence-electron chi connectivity index (χ1n) is 15.8. The van der Waals surface area contributed by atoms with E-state index in [9.17, 15) is 19.2 Å². The molecule has 2 aromatic carbocycles. The minimum atomic E-state index is -0.971. The number of carbonyl (C=O) groups is 4. The number of furan rings is 1. The predicted octanol–water partition coefficient (Wildman–Crippen LogP) is 5.58. The summed E-state index contributed by atoms with van der Waals surface area (Å²) in [4.78, 5) is 55.8. The van der Waals surface area contributed by atoms with Crippen LogP contribution < -0.4 is 16.0 Å². The lowest BCUT2D eigenvalue weighted by Gasteiger charge is -2.35. The van der Waals surface area contributed by atoms with E-state index in [1.54, 1.807) is 25.7 Å². The number of hydrogen-bond acceptors (Lipinski definition) is 6. The fraction of sp³-hybridized carbons (Fsp3) is 0.444. The van der Waals surface area contributed by atoms with Gasteiger partial charge in [-0.3, -0.25) is 14.4 Å². The van der Waals surface area contributed by atoms with E-state index in [1.807, 2.05) is 93.6 Å². The third kappa shape index (κ3) is 8.56. The number of amides is 4. The molecule has 46 heavy (non-hydrogen) atoms. The van der Waals surface area contributed by atoms with E-state index in [1.165, 1.54) is 6.92 Å². The Labute approximate surface area is 271 Å². The Balaban J connectivity index is 1.61. The van der Waals surface area contributed by atoms with Gasteiger partial charge < -0.3 is 30.0 Å². The molecule has 3 N–H and O–H groups in total. The van der Waals surface area contributed by atoms with E-state index in [0.29, 0.717) is 24.4 Å². The lowest BCUT2D eigenvalue weighted by molar-refractivity contribution is -0.145. The number of benzene rings is 2. The summed E-state index contributed by atoms with van der Waals surface area (Å²) in [5, 5.41) is 8.57. The van der Waals surface area contributed by atoms with E-state index in [2.05, 4.69) is 16.0 Å². The molecule has 0 unspecified atom stereocenters. The van der Waals surface area contributed by atoms with Crippen LogP contribution in [0.5, 0.6) is 0 Å². The summed E-state index contributed by atoms with van der Waals surface area (Å²) < 4.78 is 11.2. The third-order valence-electron chi connectivity index (χ3n) is 7.94. The first-order chi connectivity index (χ1) is 21.7. The summed E-state index contributed by atoms with van der Waals surface area (Å²) in [5.41, 5.74) is 1.09. The fourth-order valence-corrected chi connectivity index (χ4v) is 5.68. The standard InChI is InChI=1S/C36H46N4O6/c1-22(2)30(38-32(41)24(4)37-35(44)46-36(5,6)7)34(43)40-27(29-21-18-23(3)45-29)19-20-28(40)33(42)39-31(25-14-10-8-11-15-25)26-16-12-9-13-17-26/h8-18,21-22,24,27-28,30-31H,19-20H2,1-7H3,(H,37,44)(H,38,41)(H,39,42)/t24-,27+,28-,30-/m0/s1. The molecule has 4 atom stereocenters. The van der Waals surface area contributed by atoms with Crippen LogP contribution in [0.25, 0.3) is 0 Å². The van der Waals surface area contributed by atoms with Crippen molar-refractivity contribution in [2.45, 2.75) is 97.1 Å². The Morgan fingerprint density at radius 2 is 1.41 bits per heavy atom. The smallest absolute Gasteiger partial charge is 0.408 e. The quantitative estimate of drug-likeness (QED) is 0.268. The SMILES string of the molecule is Cc1ccc([C@H]2CC[C@@H](C(=O)NC(c3ccccc3)c3ccccc3)N2C(=O)[C@@H](NC(=O)[C@H](C)NC(=O)OC(C)(C)C)C(C)C)o1. The first-order valence-corrected chi connectivity index (χ1v) is 15.8. The molecule has 1 aliphatic heterocycles. The number of ether oxygens (including phenoxy) is 1. The van der Waals surface area contributed by atoms with Gasteiger partial charge in [0.25, 0.3) is 0 Å². The summed E-state index contributed by atoms with van der Waals surface area (Å²) in [7, 11) is 0. The molecule has 1 fully saturated rings. The molecule has 10 heteroatoms. The molecule has 0 aliphatic carbocycles. The molecule has 4 rings (SSSR count). The molecule has 246 valence electrons. The number of carbonyl (C=O) groups excluding carboxylic acids is 4. The number of hydrogen-bond donors (Lipinski definition) is 3. The maximum atomic E-state index is 14.5. The van der Waals surface area contributed by atoms with Crippen LogP contribution in [0.4, 0.5) is 4.79 Å². The second kappa shape index (κ2) is 14.7. The van der Waals surface area contributed by atoms with E-state index < -0.39 is 53.7 Å². The normalized spacial score (nSPS) is 17.8. The molecule has 1 saturated heterocycles. The highest BCUT2D eigenvalue weighted by Crippen LogP contribution is 2.38. The molecule has 0 spiro atoms. The molecule has 0 saturated carbocycles. The van der Waals surface area contributed by atoms with Gasteiger partial charge in [-0.25, -0.2) is 4.79 Å². The second-order valence-electron chi connectivity index (χ2n) is 13.2. The van der Waals surface area contributed by atoms with E-state index in [0.717, 1.165) is 11.1 Å². The molecule has 1 aliphatic rings. The maximum Gasteiger partial charge on any atom is 0.408 e. The highest BCUT2D eigenvalue weighted by Gasteiger charge is 2.46. The number of aryl methyl sites for hydroxylation is 1. The van der Waals surface area contributed by atoms with Crippen molar-refractivity contribution in [3.8, 4) is 0 Å². The van der Waals surface area contributed by atoms with E-state index in [-0.39, 0.29) is 11.8 Å². The summed E-state index contributed by atoms with van der Waals surface area (Å²) in [6, 6.07) is 19.3. The largest absolute Gasteiger partial charge is 0.464 e. The van der Waals surface area contributed by atoms with Crippen LogP contribution in [-0.4, -0.2) is 52.4 Å². The molecule has 4 amide bonds. The zero-order valence-electron chi connectivity index (χ0n) is 27.7. The van der Waals surface area contributed by atoms with Gasteiger partial charge in [-0.05, 0) is 76.6 Å². The summed E-state index contributed by atoms with van der Waals surface area (Å²) >= 11 is 0. The highest BCUT2D eigenvalue weighted by molar-refractivity contribution is 5.94. The topological polar surface area (TPSA) is 130 Å². The maximum absolute atomic E-state index is 14.5. The Kier molecular flexibility index (Phi) is 10.9. The Hall–Kier alpha value is -4.60. The van der Waals surface area contributed by atoms with Crippen LogP contribution in [-0.2, 0) is 19.1 Å². The zero-order chi connectivity index (χ0) is 33.6. The number of likely N-dealkylation sites (tertiary alicyclic amines) is 1. The van der Waals surface area contributed by atoms with Crippen LogP contribution in [0.1, 0.15) is 89.1 Å². The number of alkyl carbamates (subject to hydrolysis) is 1. The molecular weight excluding hydrogens is 584 g/mol. The fourth-order valence-electron chi connectivity index (χ4n) is 5.68. The van der Waals surface area contributed by atoms with Gasteiger partial charge in [0, 0.05) is 0 Å². The van der Waals surface area contributed by atoms with Gasteiger partial charge in [0.1, 0.15) is 35.2 Å². The summed E-state index contributed by atoms with van der Waals surface area (Å²) in [5.74, 6) is -0.297. The third-order valence-corrected chi connectivity index (χ3v) is 7.94. The highest BCUT2D eigenvalue weighted by atomic mass is 16.6. The lowest BCUT2D eigenvalue weighted by atomic mass is 9.98. The average Bonchev–Trinajstić information content (AvgIpc) is 3.64. The van der Waals surface area contributed by atoms with Crippen LogP contribution >= 0.6 is 0 Å². The van der Waals surface area contributed by atoms with Crippen molar-refractivity contribution < 1.29 is 28.3 Å². The second-order valence-corrected chi connectivity index (χ2v) is 13.2. The van der Waals surface area contributed by atoms with Crippen molar-refractivity contribution >= 4 is 23.8 Å². The molecule has 10 nitrogen and oxygen atoms in total. The lowest BCUT2D eigenvalue weighted by Crippen LogP contribution is -2.58. The summed E-state index contributed by atoms with van der Waals surface area (Å²) in [6.07, 6.45) is 0.180. The van der Waals surface area contributed by atoms with Crippen molar-refractivity contribution in [1.29, 1.82) is 0 Å². The Morgan fingerprint density at radius 3 is 1.91 bits per heavy atom. The molecule has 2 heterocycles. The van der Waals surface area contributed by atoms with Gasteiger partial charge in [-0.1, -0.05) is 74.5 Å². The molecule has 3 aromatic rings. The van der Waals surface area contributed by atoms with Gasteiger partial charge in [0.05, 0.1) is 12.1 Å². The Morgan fingerprint density at radius 1 is 0.826 bits per heavy atom. The average molecular weight is 631 g/mol. The van der Waals surface area contributed by atoms with Gasteiger partial charge >= 0.3 is 6.09 Å². The van der Waals surface area contributed by atoms with Crippen molar-refractivity contribution in [1.82, 2.24) is 20.9 Å². The number of nitrogens with zero attached hydrogens (tertiary/aromatic N) is 1. The van der Waals surface area contributed by atoms with E-state index in [4.69, 9.17) is 9.15 Å². The molecule has 0 bridgehead atoms. The van der Waals surface area contributed by atoms with Crippen molar-refractivity contribution in [2.75, 3.05) is 0 Å². The monoisotopic (exact) mass is 630 g/mol. The van der Waals surface area contributed by atoms with Crippen molar-refractivity contribution in [3.63, 3.8) is 0 Å². The van der Waals surface area contributed by atoms with Crippen molar-refractivity contribution in [2.24, 2.45) is 5.92 Å². The van der Waals surface area contributed by atoms with Crippen molar-refractivity contribution in [3.05, 3.63) is 95.4 Å². The molecule has 1 aromatic heterocycles. The van der Waals surface area contributed by atoms with Gasteiger partial charge in [-0.2, -0.15) is 0 Å². The van der Waals surface area contributed by atoms with Gasteiger partial charge in [-0.15, -0.1) is 0 Å². The zero-order valence-corrected chi connectivity index (χ0v) is 27.7. The molecule has 0 radical (unpaired) electrons. The first kappa shape index (κ1) is 34.3. The predicted molar refractivity (Wildman–Crippen MR) is 175 cm³/mol. The molecular formula is C36H46N4O6. The van der Waals surface area contributed by atoms with Crippen LogP contribution in [0.15, 0.2) is 77.2 Å². The minimum absolute atomic E-state index is 0.300. The number of rotatable bonds is 10. The summed E-state index contributed by atoms with van der Waals surface area (Å²) in [6.45, 7) is 12.2.